The van der Waals surface area contributed by atoms with E-state index in [1.165, 1.54) is 18.8 Å². The Bertz CT molecular complexity index is 901. The van der Waals surface area contributed by atoms with Gasteiger partial charge < -0.3 is 20.3 Å². The number of carbonyl (C=O) groups is 3. The van der Waals surface area contributed by atoms with Crippen LogP contribution in [0, 0.1) is 6.92 Å². The lowest BCUT2D eigenvalue weighted by Gasteiger charge is -2.34. The van der Waals surface area contributed by atoms with Gasteiger partial charge in [0.1, 0.15) is 5.75 Å². The number of hydrogen-bond donors (Lipinski definition) is 2. The standard InChI is InChI=1S/C21H23N3O4S/c1-14-7-9-15(10-8-14)23-19(25)12-29-13-20(26)24-11-18(21(27)22-2)28-17-6-4-3-5-16(17)24/h3-10,18H,11-13H2,1-2H3,(H,22,27)(H,23,25)/t18-/m0/s1. The molecule has 0 saturated carbocycles. The maximum atomic E-state index is 12.8. The molecule has 0 aromatic heterocycles. The molecule has 3 rings (SSSR count). The molecular weight excluding hydrogens is 390 g/mol. The summed E-state index contributed by atoms with van der Waals surface area (Å²) in [6.45, 7) is 2.11. The molecule has 8 heteroatoms. The van der Waals surface area contributed by atoms with E-state index in [0.717, 1.165) is 11.3 Å². The SMILES string of the molecule is CNC(=O)[C@@H]1CN(C(=O)CSCC(=O)Nc2ccc(C)cc2)c2ccccc2O1. The monoisotopic (exact) mass is 413 g/mol. The number of ether oxygens (including phenoxy) is 1. The van der Waals surface area contributed by atoms with Gasteiger partial charge in [-0.1, -0.05) is 29.8 Å². The van der Waals surface area contributed by atoms with Crippen LogP contribution in [0.15, 0.2) is 48.5 Å². The van der Waals surface area contributed by atoms with Crippen molar-refractivity contribution in [2.75, 3.05) is 35.3 Å². The van der Waals surface area contributed by atoms with Crippen LogP contribution in [0.4, 0.5) is 11.4 Å². The minimum atomic E-state index is -0.770. The first-order valence-electron chi connectivity index (χ1n) is 9.20. The zero-order valence-corrected chi connectivity index (χ0v) is 17.1. The number of fused-ring (bicyclic) bond motifs is 1. The van der Waals surface area contributed by atoms with Crippen LogP contribution in [-0.2, 0) is 14.4 Å². The number of aryl methyl sites for hydroxylation is 1. The third kappa shape index (κ3) is 5.29. The summed E-state index contributed by atoms with van der Waals surface area (Å²) in [4.78, 5) is 38.4. The maximum Gasteiger partial charge on any atom is 0.262 e. The third-order valence-corrected chi connectivity index (χ3v) is 5.32. The number of thioether (sulfide) groups is 1. The molecule has 0 saturated heterocycles. The largest absolute Gasteiger partial charge is 0.477 e. The Morgan fingerprint density at radius 1 is 1.10 bits per heavy atom. The van der Waals surface area contributed by atoms with Gasteiger partial charge in [-0.3, -0.25) is 14.4 Å². The Morgan fingerprint density at radius 3 is 2.55 bits per heavy atom. The molecule has 1 aliphatic rings. The number of benzene rings is 2. The molecule has 152 valence electrons. The molecule has 1 aliphatic heterocycles. The minimum Gasteiger partial charge on any atom is -0.477 e. The first-order chi connectivity index (χ1) is 14.0. The van der Waals surface area contributed by atoms with Gasteiger partial charge in [0.15, 0.2) is 6.10 Å². The second-order valence-electron chi connectivity index (χ2n) is 6.60. The van der Waals surface area contributed by atoms with Gasteiger partial charge >= 0.3 is 0 Å². The number of hydrogen-bond acceptors (Lipinski definition) is 5. The van der Waals surface area contributed by atoms with Crippen molar-refractivity contribution >= 4 is 40.9 Å². The summed E-state index contributed by atoms with van der Waals surface area (Å²) in [7, 11) is 1.53. The lowest BCUT2D eigenvalue weighted by molar-refractivity contribution is -0.127. The molecule has 0 aliphatic carbocycles. The van der Waals surface area contributed by atoms with E-state index in [1.807, 2.05) is 37.3 Å². The third-order valence-electron chi connectivity index (χ3n) is 4.41. The molecule has 0 bridgehead atoms. The zero-order chi connectivity index (χ0) is 20.8. The highest BCUT2D eigenvalue weighted by Crippen LogP contribution is 2.33. The minimum absolute atomic E-state index is 0.121. The number of nitrogens with zero attached hydrogens (tertiary/aromatic N) is 1. The number of rotatable bonds is 6. The van der Waals surface area contributed by atoms with E-state index in [0.29, 0.717) is 11.4 Å². The van der Waals surface area contributed by atoms with E-state index in [4.69, 9.17) is 4.74 Å². The lowest BCUT2D eigenvalue weighted by atomic mass is 10.2. The van der Waals surface area contributed by atoms with E-state index in [-0.39, 0.29) is 35.8 Å². The molecule has 0 spiro atoms. The maximum absolute atomic E-state index is 12.8. The molecule has 0 unspecified atom stereocenters. The molecular formula is C21H23N3O4S. The number of nitrogens with one attached hydrogen (secondary N) is 2. The van der Waals surface area contributed by atoms with Crippen LogP contribution in [0.2, 0.25) is 0 Å². The summed E-state index contributed by atoms with van der Waals surface area (Å²) in [5.74, 6) is 0.130. The van der Waals surface area contributed by atoms with Crippen molar-refractivity contribution in [2.24, 2.45) is 0 Å². The summed E-state index contributed by atoms with van der Waals surface area (Å²) in [5, 5.41) is 5.36. The van der Waals surface area contributed by atoms with Crippen molar-refractivity contribution in [3.8, 4) is 5.75 Å². The van der Waals surface area contributed by atoms with Crippen molar-refractivity contribution in [2.45, 2.75) is 13.0 Å². The number of para-hydroxylation sites is 2. The van der Waals surface area contributed by atoms with Crippen LogP contribution >= 0.6 is 11.8 Å². The van der Waals surface area contributed by atoms with E-state index >= 15 is 0 Å². The number of amides is 3. The summed E-state index contributed by atoms with van der Waals surface area (Å²) in [6, 6.07) is 14.6. The van der Waals surface area contributed by atoms with E-state index < -0.39 is 6.10 Å². The van der Waals surface area contributed by atoms with Crippen molar-refractivity contribution in [1.82, 2.24) is 5.32 Å². The molecule has 7 nitrogen and oxygen atoms in total. The van der Waals surface area contributed by atoms with Gasteiger partial charge in [0, 0.05) is 12.7 Å². The van der Waals surface area contributed by atoms with Gasteiger partial charge in [0.25, 0.3) is 5.91 Å². The summed E-state index contributed by atoms with van der Waals surface area (Å²) >= 11 is 1.23. The van der Waals surface area contributed by atoms with E-state index in [2.05, 4.69) is 10.6 Å². The molecule has 2 aromatic carbocycles. The Labute approximate surface area is 173 Å². The van der Waals surface area contributed by atoms with Crippen LogP contribution < -0.4 is 20.3 Å². The quantitative estimate of drug-likeness (QED) is 0.758. The predicted octanol–water partition coefficient (Wildman–Crippen LogP) is 2.21. The Morgan fingerprint density at radius 2 is 1.83 bits per heavy atom. The predicted molar refractivity (Wildman–Crippen MR) is 114 cm³/mol. The summed E-state index contributed by atoms with van der Waals surface area (Å²) in [6.07, 6.45) is -0.770. The Kier molecular flexibility index (Phi) is 6.77. The second kappa shape index (κ2) is 9.47. The molecule has 29 heavy (non-hydrogen) atoms. The van der Waals surface area contributed by atoms with Crippen LogP contribution in [0.1, 0.15) is 5.56 Å². The van der Waals surface area contributed by atoms with Gasteiger partial charge in [0.05, 0.1) is 23.7 Å². The van der Waals surface area contributed by atoms with Crippen molar-refractivity contribution in [3.63, 3.8) is 0 Å². The fraction of sp³-hybridized carbons (Fsp3) is 0.286. The van der Waals surface area contributed by atoms with Crippen LogP contribution in [0.3, 0.4) is 0 Å². The van der Waals surface area contributed by atoms with Gasteiger partial charge in [-0.25, -0.2) is 0 Å². The average Bonchev–Trinajstić information content (AvgIpc) is 2.73. The molecule has 1 atom stereocenters. The molecule has 2 N–H and O–H groups in total. The summed E-state index contributed by atoms with van der Waals surface area (Å²) < 4.78 is 5.71. The first-order valence-corrected chi connectivity index (χ1v) is 10.4. The molecule has 0 radical (unpaired) electrons. The van der Waals surface area contributed by atoms with Crippen molar-refractivity contribution < 1.29 is 19.1 Å². The first kappa shape index (κ1) is 20.7. The number of carbonyl (C=O) groups excluding carboxylic acids is 3. The number of likely N-dealkylation sites (N-methyl/N-ethyl adjacent to an activating group) is 1. The van der Waals surface area contributed by atoms with Crippen LogP contribution in [0.25, 0.3) is 0 Å². The van der Waals surface area contributed by atoms with Crippen molar-refractivity contribution in [3.05, 3.63) is 54.1 Å². The second-order valence-corrected chi connectivity index (χ2v) is 7.59. The molecule has 0 fully saturated rings. The smallest absolute Gasteiger partial charge is 0.262 e. The zero-order valence-electron chi connectivity index (χ0n) is 16.3. The summed E-state index contributed by atoms with van der Waals surface area (Å²) in [5.41, 5.74) is 2.47. The molecule has 3 amide bonds. The molecule has 2 aromatic rings. The highest BCUT2D eigenvalue weighted by molar-refractivity contribution is 8.00. The van der Waals surface area contributed by atoms with Gasteiger partial charge in [-0.05, 0) is 31.2 Å². The topological polar surface area (TPSA) is 87.7 Å². The normalized spacial score (nSPS) is 15.1. The fourth-order valence-corrected chi connectivity index (χ4v) is 3.60. The molecule has 1 heterocycles. The van der Waals surface area contributed by atoms with Gasteiger partial charge in [-0.2, -0.15) is 0 Å². The Balaban J connectivity index is 1.57. The number of anilines is 2. The van der Waals surface area contributed by atoms with Gasteiger partial charge in [-0.15, -0.1) is 11.8 Å². The van der Waals surface area contributed by atoms with Crippen LogP contribution in [0.5, 0.6) is 5.75 Å². The Hall–Kier alpha value is -3.00. The van der Waals surface area contributed by atoms with E-state index in [1.54, 1.807) is 23.1 Å². The van der Waals surface area contributed by atoms with E-state index in [9.17, 15) is 14.4 Å². The van der Waals surface area contributed by atoms with Gasteiger partial charge in [0.2, 0.25) is 11.8 Å². The van der Waals surface area contributed by atoms with Crippen molar-refractivity contribution in [1.29, 1.82) is 0 Å². The highest BCUT2D eigenvalue weighted by atomic mass is 32.2. The van der Waals surface area contributed by atoms with Crippen LogP contribution in [-0.4, -0.2) is 48.9 Å². The average molecular weight is 413 g/mol. The highest BCUT2D eigenvalue weighted by Gasteiger charge is 2.33. The lowest BCUT2D eigenvalue weighted by Crippen LogP contribution is -2.50. The fourth-order valence-electron chi connectivity index (χ4n) is 2.91.